The Labute approximate surface area is 434 Å². The molecule has 0 spiro atoms. The Hall–Kier alpha value is -8.69. The van der Waals surface area contributed by atoms with Crippen LogP contribution in [0.1, 0.15) is 39.5 Å². The number of rotatable bonds is 12. The van der Waals surface area contributed by atoms with Crippen molar-refractivity contribution in [1.82, 2.24) is 18.9 Å². The number of hydrogen-bond acceptors (Lipinski definition) is 11. The fourth-order valence-corrected chi connectivity index (χ4v) is 9.59. The molecule has 0 aliphatic carbocycles. The molecule has 6 heterocycles. The molecule has 10 aromatic rings. The Morgan fingerprint density at radius 3 is 1.51 bits per heavy atom. The van der Waals surface area contributed by atoms with Crippen molar-refractivity contribution in [1.29, 1.82) is 5.26 Å². The smallest absolute Gasteiger partial charge is 0.503 e. The maximum atomic E-state index is 11.8. The molecule has 0 saturated carbocycles. The third-order valence-electron chi connectivity index (χ3n) is 12.4. The molecule has 0 saturated heterocycles. The number of oxazole rings is 2. The number of ether oxygens (including phenoxy) is 2. The average molecular weight is 1020 g/mol. The van der Waals surface area contributed by atoms with Crippen molar-refractivity contribution in [3.8, 4) is 63.1 Å². The summed E-state index contributed by atoms with van der Waals surface area (Å²) < 4.78 is 56.7. The molecule has 0 amide bonds. The van der Waals surface area contributed by atoms with Crippen LogP contribution in [0.5, 0.6) is 34.5 Å². The van der Waals surface area contributed by atoms with Crippen LogP contribution in [0, 0.1) is 29.7 Å². The van der Waals surface area contributed by atoms with Crippen molar-refractivity contribution in [3.63, 3.8) is 0 Å². The lowest BCUT2D eigenvalue weighted by Crippen LogP contribution is -2.44. The number of para-hydroxylation sites is 4. The summed E-state index contributed by atoms with van der Waals surface area (Å²) in [4.78, 5) is 14.1. The van der Waals surface area contributed by atoms with Crippen LogP contribution >= 0.6 is 23.2 Å². The first kappa shape index (κ1) is 46.4. The Bertz CT molecular complexity index is 3800. The van der Waals surface area contributed by atoms with Gasteiger partial charge in [-0.15, -0.1) is 0 Å². The summed E-state index contributed by atoms with van der Waals surface area (Å²) in [5.74, 6) is 3.34. The Kier molecular flexibility index (Phi) is 11.7. The number of halogens is 2. The van der Waals surface area contributed by atoms with Crippen LogP contribution < -0.4 is 38.8 Å². The van der Waals surface area contributed by atoms with Gasteiger partial charge in [-0.05, 0) is 96.8 Å². The van der Waals surface area contributed by atoms with Gasteiger partial charge >= 0.3 is 14.5 Å². The second kappa shape index (κ2) is 18.7. The zero-order chi connectivity index (χ0) is 50.8. The largest absolute Gasteiger partial charge is 0.743 e. The van der Waals surface area contributed by atoms with E-state index in [0.717, 1.165) is 0 Å². The third-order valence-corrected chi connectivity index (χ3v) is 12.8. The van der Waals surface area contributed by atoms with Crippen LogP contribution in [0.4, 0.5) is 0 Å². The molecule has 0 atom stereocenters. The van der Waals surface area contributed by atoms with E-state index < -0.39 is 14.5 Å². The van der Waals surface area contributed by atoms with Gasteiger partial charge in [0.1, 0.15) is 57.2 Å². The molecule has 2 aliphatic rings. The van der Waals surface area contributed by atoms with Crippen molar-refractivity contribution in [3.05, 3.63) is 177 Å². The van der Waals surface area contributed by atoms with E-state index in [0.29, 0.717) is 113 Å². The zero-order valence-electron chi connectivity index (χ0n) is 40.1. The highest BCUT2D eigenvalue weighted by Gasteiger charge is 2.45. The lowest BCUT2D eigenvalue weighted by atomic mass is 10.0. The maximum absolute atomic E-state index is 11.8. The van der Waals surface area contributed by atoms with Gasteiger partial charge < -0.3 is 45.9 Å². The van der Waals surface area contributed by atoms with Crippen molar-refractivity contribution >= 4 is 82.0 Å². The van der Waals surface area contributed by atoms with E-state index in [1.165, 1.54) is 0 Å². The van der Waals surface area contributed by atoms with Crippen LogP contribution in [0.15, 0.2) is 142 Å². The number of benzene rings is 6. The van der Waals surface area contributed by atoms with Crippen LogP contribution in [-0.2, 0) is 0 Å². The van der Waals surface area contributed by atoms with Gasteiger partial charge in [-0.25, -0.2) is 14.8 Å². The Morgan fingerprint density at radius 2 is 1.05 bits per heavy atom. The van der Waals surface area contributed by atoms with Gasteiger partial charge in [0, 0.05) is 31.9 Å². The van der Waals surface area contributed by atoms with Crippen LogP contribution in [-0.4, -0.2) is 46.6 Å². The van der Waals surface area contributed by atoms with E-state index in [1.807, 2.05) is 106 Å². The van der Waals surface area contributed by atoms with Gasteiger partial charge in [0.2, 0.25) is 11.8 Å². The summed E-state index contributed by atoms with van der Waals surface area (Å²) in [6.45, 7) is 18.3. The van der Waals surface area contributed by atoms with Gasteiger partial charge in [0.05, 0.1) is 41.9 Å². The first-order valence-electron chi connectivity index (χ1n) is 23.8. The molecule has 2 aliphatic heterocycles. The standard InChI is InChI=1S/C56H40B2Cl2N6O8/c1-31(2)29-67-37-14-10-12-33(24-37)51-48-49(54(66(51)58-73-46-18-8-9-19-47(46)74-58)50(62-5)56-64-41-27-36(60)21-23-43(41)70-56)52(34-13-11-15-38(25-34)68-30-32(3)4)65(57-71-44-16-6-7-17-45(44)72-57)53(48)39(28-61)55-63-40-26-35(59)20-22-42(40)69-55/h6-27,31-32H,29-30H2,1-4H3/b53-39-,54-50+. The minimum atomic E-state index is -1.27. The summed E-state index contributed by atoms with van der Waals surface area (Å²) in [5, 5.41) is 14.0. The Balaban J connectivity index is 1.34. The Morgan fingerprint density at radius 1 is 0.608 bits per heavy atom. The highest BCUT2D eigenvalue weighted by atomic mass is 35.5. The first-order chi connectivity index (χ1) is 36.0. The van der Waals surface area contributed by atoms with Gasteiger partial charge in [-0.3, -0.25) is 0 Å². The maximum Gasteiger partial charge on any atom is 0.743 e. The fraction of sp³-hybridized carbons (Fsp3) is 0.143. The minimum absolute atomic E-state index is 0.0153. The summed E-state index contributed by atoms with van der Waals surface area (Å²) >= 11 is 13.0. The van der Waals surface area contributed by atoms with Gasteiger partial charge in [0.25, 0.3) is 5.70 Å². The van der Waals surface area contributed by atoms with Crippen molar-refractivity contribution in [2.24, 2.45) is 11.8 Å². The molecule has 0 radical (unpaired) electrons. The number of nitrogens with zero attached hydrogens (tertiary/aromatic N) is 6. The fourth-order valence-electron chi connectivity index (χ4n) is 9.26. The monoisotopic (exact) mass is 1020 g/mol. The molecule has 74 heavy (non-hydrogen) atoms. The van der Waals surface area contributed by atoms with Crippen molar-refractivity contribution in [2.75, 3.05) is 13.2 Å². The lowest BCUT2D eigenvalue weighted by Gasteiger charge is -2.17. The van der Waals surface area contributed by atoms with Gasteiger partial charge in [-0.2, -0.15) is 5.26 Å². The molecule has 362 valence electrons. The van der Waals surface area contributed by atoms with Crippen LogP contribution in [0.25, 0.3) is 71.6 Å². The molecule has 18 heteroatoms. The highest BCUT2D eigenvalue weighted by Crippen LogP contribution is 2.42. The summed E-state index contributed by atoms with van der Waals surface area (Å²) in [5.41, 5.74) is 3.64. The SMILES string of the molecule is [C-]#[N+]/C(c1nc2cc(Cl)ccc2o1)=c1\c2c(-c3cccc(OCC(C)C)c3)n(B3Oc4ccccc4O3)/c(=C(/C#N)c3nc4cc(Cl)ccc4o3)c2c(-c2cccc(OCC(C)C)c2)n1B1Oc2ccccc2O1. The van der Waals surface area contributed by atoms with Gasteiger partial charge in [-0.1, -0.05) is 99.4 Å². The topological polar surface area (TPSA) is 145 Å². The van der Waals surface area contributed by atoms with Crippen molar-refractivity contribution in [2.45, 2.75) is 27.7 Å². The normalized spacial score (nSPS) is 13.6. The van der Waals surface area contributed by atoms with Crippen LogP contribution in [0.2, 0.25) is 10.0 Å². The molecule has 0 N–H and O–H groups in total. The van der Waals surface area contributed by atoms with Crippen LogP contribution in [0.3, 0.4) is 0 Å². The summed E-state index contributed by atoms with van der Waals surface area (Å²) in [6, 6.07) is 42.4. The number of hydrogen-bond donors (Lipinski definition) is 0. The van der Waals surface area contributed by atoms with Crippen molar-refractivity contribution < 1.29 is 36.9 Å². The molecule has 0 unspecified atom stereocenters. The molecule has 12 rings (SSSR count). The van der Waals surface area contributed by atoms with E-state index in [-0.39, 0.29) is 45.6 Å². The third kappa shape index (κ3) is 8.18. The number of nitriles is 1. The van der Waals surface area contributed by atoms with Gasteiger partial charge in [0.15, 0.2) is 11.2 Å². The first-order valence-corrected chi connectivity index (χ1v) is 24.6. The molecule has 0 fully saturated rings. The second-order valence-electron chi connectivity index (χ2n) is 18.5. The molecule has 0 bridgehead atoms. The second-order valence-corrected chi connectivity index (χ2v) is 19.4. The minimum Gasteiger partial charge on any atom is -0.503 e. The predicted octanol–water partition coefficient (Wildman–Crippen LogP) is 11.8. The quantitative estimate of drug-likeness (QED) is 0.0851. The predicted molar refractivity (Wildman–Crippen MR) is 284 cm³/mol. The lowest BCUT2D eigenvalue weighted by molar-refractivity contribution is 0.271. The molecule has 14 nitrogen and oxygen atoms in total. The van der Waals surface area contributed by atoms with E-state index in [2.05, 4.69) is 38.6 Å². The molecular formula is C56H40B2Cl2N6O8. The van der Waals surface area contributed by atoms with E-state index >= 15 is 0 Å². The molecule has 4 aromatic heterocycles. The summed E-state index contributed by atoms with van der Waals surface area (Å²) in [6.07, 6.45) is 0. The zero-order valence-corrected chi connectivity index (χ0v) is 41.6. The van der Waals surface area contributed by atoms with E-state index in [1.54, 1.807) is 36.4 Å². The number of aromatic nitrogens is 4. The number of fused-ring (bicyclic) bond motifs is 5. The summed E-state index contributed by atoms with van der Waals surface area (Å²) in [7, 11) is -2.54. The van der Waals surface area contributed by atoms with E-state index in [4.69, 9.17) is 70.1 Å². The highest BCUT2D eigenvalue weighted by molar-refractivity contribution is 6.49. The average Bonchev–Trinajstić information content (AvgIpc) is 4.27. The van der Waals surface area contributed by atoms with E-state index in [9.17, 15) is 11.8 Å². The molecular weight excluding hydrogens is 977 g/mol. The molecule has 6 aromatic carbocycles.